The molecule has 3 rings (SSSR count). The highest BCUT2D eigenvalue weighted by atomic mass is 16.5. The normalized spacial score (nSPS) is 12.7. The Bertz CT molecular complexity index is 1110. The van der Waals surface area contributed by atoms with Crippen molar-refractivity contribution in [3.63, 3.8) is 0 Å². The van der Waals surface area contributed by atoms with E-state index in [1.165, 1.54) is 0 Å². The summed E-state index contributed by atoms with van der Waals surface area (Å²) < 4.78 is 5.23. The van der Waals surface area contributed by atoms with Gasteiger partial charge in [-0.15, -0.1) is 0 Å². The van der Waals surface area contributed by atoms with Crippen molar-refractivity contribution in [2.24, 2.45) is 11.7 Å². The molecule has 0 bridgehead atoms. The quantitative estimate of drug-likeness (QED) is 0.467. The third-order valence-electron chi connectivity index (χ3n) is 5.40. The van der Waals surface area contributed by atoms with Gasteiger partial charge in [-0.3, -0.25) is 9.59 Å². The molecule has 7 nitrogen and oxygen atoms in total. The smallest absolute Gasteiger partial charge is 0.408 e. The summed E-state index contributed by atoms with van der Waals surface area (Å²) in [6, 6.07) is 21.0. The first-order valence-electron chi connectivity index (χ1n) is 10.9. The van der Waals surface area contributed by atoms with E-state index in [-0.39, 0.29) is 18.9 Å². The van der Waals surface area contributed by atoms with E-state index in [0.29, 0.717) is 0 Å². The van der Waals surface area contributed by atoms with Crippen molar-refractivity contribution in [3.05, 3.63) is 83.9 Å². The number of rotatable bonds is 9. The van der Waals surface area contributed by atoms with Gasteiger partial charge < -0.3 is 21.1 Å². The summed E-state index contributed by atoms with van der Waals surface area (Å²) in [4.78, 5) is 37.4. The van der Waals surface area contributed by atoms with Gasteiger partial charge >= 0.3 is 6.09 Å². The molecule has 0 saturated heterocycles. The number of ether oxygens (including phenoxy) is 1. The summed E-state index contributed by atoms with van der Waals surface area (Å²) in [5.74, 6) is -1.38. The monoisotopic (exact) mass is 447 g/mol. The van der Waals surface area contributed by atoms with Crippen molar-refractivity contribution < 1.29 is 19.1 Å². The van der Waals surface area contributed by atoms with Crippen LogP contribution in [-0.2, 0) is 27.4 Å². The maximum atomic E-state index is 13.0. The van der Waals surface area contributed by atoms with E-state index in [9.17, 15) is 14.4 Å². The Balaban J connectivity index is 1.66. The third kappa shape index (κ3) is 6.55. The summed E-state index contributed by atoms with van der Waals surface area (Å²) in [7, 11) is 0. The van der Waals surface area contributed by atoms with Gasteiger partial charge in [0.2, 0.25) is 11.8 Å². The first kappa shape index (κ1) is 23.8. The van der Waals surface area contributed by atoms with Gasteiger partial charge in [0.15, 0.2) is 0 Å². The number of primary amides is 1. The first-order chi connectivity index (χ1) is 15.8. The Labute approximate surface area is 193 Å². The molecule has 0 spiro atoms. The summed E-state index contributed by atoms with van der Waals surface area (Å²) in [6.07, 6.45) is -0.469. The zero-order valence-corrected chi connectivity index (χ0v) is 18.8. The van der Waals surface area contributed by atoms with Gasteiger partial charge in [0, 0.05) is 6.42 Å². The number of hydrogen-bond acceptors (Lipinski definition) is 4. The van der Waals surface area contributed by atoms with Crippen LogP contribution in [0.5, 0.6) is 0 Å². The van der Waals surface area contributed by atoms with E-state index >= 15 is 0 Å². The number of hydrogen-bond donors (Lipinski definition) is 3. The minimum absolute atomic E-state index is 0.0874. The molecule has 3 aromatic carbocycles. The minimum atomic E-state index is -0.924. The molecule has 0 unspecified atom stereocenters. The van der Waals surface area contributed by atoms with Gasteiger partial charge in [0.05, 0.1) is 0 Å². The second kappa shape index (κ2) is 11.1. The van der Waals surface area contributed by atoms with Crippen LogP contribution in [-0.4, -0.2) is 30.0 Å². The molecule has 0 aliphatic heterocycles. The molecular formula is C26H29N3O4. The van der Waals surface area contributed by atoms with Crippen LogP contribution in [0.15, 0.2) is 72.8 Å². The molecule has 0 heterocycles. The standard InChI is InChI=1S/C26H29N3O4/c1-17(2)23(29-26(32)33-16-18-9-4-3-5-10-18)25(31)28-22(24(27)30)15-20-13-8-12-19-11-6-7-14-21(19)20/h3-14,17,22-23H,15-16H2,1-2H3,(H2,27,30)(H,28,31)(H,29,32)/t22-,23-/m0/s1. The topological polar surface area (TPSA) is 111 Å². The molecule has 3 amide bonds. The minimum Gasteiger partial charge on any atom is -0.445 e. The van der Waals surface area contributed by atoms with Crippen LogP contribution in [0.25, 0.3) is 10.8 Å². The summed E-state index contributed by atoms with van der Waals surface area (Å²) >= 11 is 0. The highest BCUT2D eigenvalue weighted by Gasteiger charge is 2.28. The average molecular weight is 448 g/mol. The van der Waals surface area contributed by atoms with Crippen molar-refractivity contribution in [1.82, 2.24) is 10.6 Å². The van der Waals surface area contributed by atoms with Crippen LogP contribution in [0.4, 0.5) is 4.79 Å². The summed E-state index contributed by atoms with van der Waals surface area (Å²) in [6.45, 7) is 3.68. The Morgan fingerprint density at radius 2 is 1.55 bits per heavy atom. The van der Waals surface area contributed by atoms with Gasteiger partial charge in [0.1, 0.15) is 18.7 Å². The van der Waals surface area contributed by atoms with Crippen LogP contribution in [0.2, 0.25) is 0 Å². The SMILES string of the molecule is CC(C)[C@H](NC(=O)OCc1ccccc1)C(=O)N[C@@H](Cc1cccc2ccccc12)C(N)=O. The van der Waals surface area contributed by atoms with E-state index in [1.54, 1.807) is 13.8 Å². The molecule has 7 heteroatoms. The zero-order chi connectivity index (χ0) is 23.8. The lowest BCUT2D eigenvalue weighted by molar-refractivity contribution is -0.129. The Morgan fingerprint density at radius 3 is 2.24 bits per heavy atom. The number of alkyl carbamates (subject to hydrolysis) is 1. The Kier molecular flexibility index (Phi) is 8.02. The van der Waals surface area contributed by atoms with Crippen molar-refractivity contribution >= 4 is 28.7 Å². The lowest BCUT2D eigenvalue weighted by atomic mass is 9.97. The molecule has 0 aromatic heterocycles. The molecule has 4 N–H and O–H groups in total. The number of amides is 3. The first-order valence-corrected chi connectivity index (χ1v) is 10.9. The van der Waals surface area contributed by atoms with Gasteiger partial charge in [-0.05, 0) is 27.8 Å². The number of benzene rings is 3. The van der Waals surface area contributed by atoms with Gasteiger partial charge in [-0.2, -0.15) is 0 Å². The van der Waals surface area contributed by atoms with Gasteiger partial charge in [-0.1, -0.05) is 86.6 Å². The summed E-state index contributed by atoms with van der Waals surface area (Å²) in [5, 5.41) is 7.33. The molecular weight excluding hydrogens is 418 g/mol. The molecule has 0 radical (unpaired) electrons. The number of carbonyl (C=O) groups is 3. The van der Waals surface area contributed by atoms with Crippen molar-refractivity contribution in [2.75, 3.05) is 0 Å². The van der Waals surface area contributed by atoms with E-state index in [2.05, 4.69) is 10.6 Å². The number of nitrogens with one attached hydrogen (secondary N) is 2. The molecule has 172 valence electrons. The molecule has 0 aliphatic rings. The lowest BCUT2D eigenvalue weighted by Crippen LogP contribution is -2.55. The fourth-order valence-electron chi connectivity index (χ4n) is 3.60. The third-order valence-corrected chi connectivity index (χ3v) is 5.40. The zero-order valence-electron chi connectivity index (χ0n) is 18.8. The molecule has 0 aliphatic carbocycles. The fourth-order valence-corrected chi connectivity index (χ4v) is 3.60. The molecule has 2 atom stereocenters. The van der Waals surface area contributed by atoms with E-state index in [4.69, 9.17) is 10.5 Å². The molecule has 0 saturated carbocycles. The van der Waals surface area contributed by atoms with E-state index in [0.717, 1.165) is 21.9 Å². The number of carbonyl (C=O) groups excluding carboxylic acids is 3. The van der Waals surface area contributed by atoms with Crippen molar-refractivity contribution in [3.8, 4) is 0 Å². The van der Waals surface area contributed by atoms with Crippen LogP contribution in [0.1, 0.15) is 25.0 Å². The highest BCUT2D eigenvalue weighted by molar-refractivity contribution is 5.92. The Hall–Kier alpha value is -3.87. The van der Waals surface area contributed by atoms with Crippen LogP contribution in [0.3, 0.4) is 0 Å². The highest BCUT2D eigenvalue weighted by Crippen LogP contribution is 2.20. The maximum Gasteiger partial charge on any atom is 0.408 e. The van der Waals surface area contributed by atoms with E-state index < -0.39 is 30.0 Å². The number of nitrogens with two attached hydrogens (primary N) is 1. The predicted octanol–water partition coefficient (Wildman–Crippen LogP) is 3.30. The maximum absolute atomic E-state index is 13.0. The second-order valence-electron chi connectivity index (χ2n) is 8.23. The molecule has 0 fully saturated rings. The van der Waals surface area contributed by atoms with Crippen LogP contribution in [0, 0.1) is 5.92 Å². The number of fused-ring (bicyclic) bond motifs is 1. The van der Waals surface area contributed by atoms with Crippen molar-refractivity contribution in [1.29, 1.82) is 0 Å². The van der Waals surface area contributed by atoms with Crippen LogP contribution < -0.4 is 16.4 Å². The van der Waals surface area contributed by atoms with Crippen molar-refractivity contribution in [2.45, 2.75) is 39.0 Å². The Morgan fingerprint density at radius 1 is 0.879 bits per heavy atom. The van der Waals surface area contributed by atoms with Gasteiger partial charge in [-0.25, -0.2) is 4.79 Å². The fraction of sp³-hybridized carbons (Fsp3) is 0.269. The predicted molar refractivity (Wildman–Crippen MR) is 127 cm³/mol. The molecule has 33 heavy (non-hydrogen) atoms. The largest absolute Gasteiger partial charge is 0.445 e. The molecule has 3 aromatic rings. The van der Waals surface area contributed by atoms with Crippen LogP contribution >= 0.6 is 0 Å². The van der Waals surface area contributed by atoms with Gasteiger partial charge in [0.25, 0.3) is 0 Å². The van der Waals surface area contributed by atoms with E-state index in [1.807, 2.05) is 72.8 Å². The average Bonchev–Trinajstić information content (AvgIpc) is 2.81. The lowest BCUT2D eigenvalue weighted by Gasteiger charge is -2.24. The summed E-state index contributed by atoms with van der Waals surface area (Å²) in [5.41, 5.74) is 7.33. The second-order valence-corrected chi connectivity index (χ2v) is 8.23.